The molecule has 2 N–H and O–H groups in total. The van der Waals surface area contributed by atoms with Crippen molar-refractivity contribution in [2.24, 2.45) is 0 Å². The molecule has 1 aliphatic rings. The summed E-state index contributed by atoms with van der Waals surface area (Å²) in [6.45, 7) is 0. The number of nitrogen functional groups attached to an aromatic ring is 1. The van der Waals surface area contributed by atoms with Crippen LogP contribution in [0.1, 0.15) is 24.5 Å². The van der Waals surface area contributed by atoms with Gasteiger partial charge in [-0.2, -0.15) is 0 Å². The Labute approximate surface area is 84.7 Å². The highest BCUT2D eigenvalue weighted by Gasteiger charge is 2.30. The first-order valence-corrected chi connectivity index (χ1v) is 5.38. The van der Waals surface area contributed by atoms with Crippen molar-refractivity contribution < 1.29 is 4.52 Å². The lowest BCUT2D eigenvalue weighted by Crippen LogP contribution is -1.86. The van der Waals surface area contributed by atoms with E-state index in [1.165, 1.54) is 19.0 Å². The summed E-state index contributed by atoms with van der Waals surface area (Å²) in [6, 6.07) is 0. The Balaban J connectivity index is 2.11. The van der Waals surface area contributed by atoms with E-state index in [1.807, 2.05) is 5.51 Å². The fourth-order valence-electron chi connectivity index (χ4n) is 1.49. The molecule has 72 valence electrons. The van der Waals surface area contributed by atoms with Crippen molar-refractivity contribution in [2.45, 2.75) is 18.8 Å². The van der Waals surface area contributed by atoms with Gasteiger partial charge in [0.15, 0.2) is 0 Å². The summed E-state index contributed by atoms with van der Waals surface area (Å²) in [7, 11) is 0. The van der Waals surface area contributed by atoms with E-state index >= 15 is 0 Å². The monoisotopic (exact) mass is 207 g/mol. The van der Waals surface area contributed by atoms with Crippen molar-refractivity contribution in [1.29, 1.82) is 0 Å². The van der Waals surface area contributed by atoms with Crippen LogP contribution in [0.3, 0.4) is 0 Å². The topological polar surface area (TPSA) is 64.9 Å². The zero-order valence-electron chi connectivity index (χ0n) is 7.43. The van der Waals surface area contributed by atoms with Crippen LogP contribution < -0.4 is 5.73 Å². The second kappa shape index (κ2) is 2.81. The van der Waals surface area contributed by atoms with Crippen LogP contribution >= 0.6 is 11.3 Å². The molecule has 14 heavy (non-hydrogen) atoms. The number of rotatable bonds is 2. The number of hydrogen-bond acceptors (Lipinski definition) is 5. The zero-order valence-corrected chi connectivity index (χ0v) is 8.25. The number of anilines is 1. The average molecular weight is 207 g/mol. The third kappa shape index (κ3) is 1.13. The molecule has 0 bridgehead atoms. The second-order valence-corrected chi connectivity index (χ2v) is 4.31. The molecule has 2 heterocycles. The van der Waals surface area contributed by atoms with Crippen molar-refractivity contribution >= 4 is 17.0 Å². The van der Waals surface area contributed by atoms with Crippen LogP contribution in [-0.4, -0.2) is 10.1 Å². The molecular weight excluding hydrogens is 198 g/mol. The minimum Gasteiger partial charge on any atom is -0.394 e. The van der Waals surface area contributed by atoms with Gasteiger partial charge in [0.2, 0.25) is 5.76 Å². The fraction of sp³-hybridized carbons (Fsp3) is 0.333. The molecule has 1 aliphatic carbocycles. The van der Waals surface area contributed by atoms with Gasteiger partial charge in [-0.05, 0) is 12.8 Å². The Morgan fingerprint density at radius 3 is 3.00 bits per heavy atom. The molecule has 2 aromatic heterocycles. The molecule has 4 nitrogen and oxygen atoms in total. The van der Waals surface area contributed by atoms with E-state index < -0.39 is 0 Å². The van der Waals surface area contributed by atoms with E-state index in [9.17, 15) is 0 Å². The van der Waals surface area contributed by atoms with E-state index in [0.717, 1.165) is 10.6 Å². The maximum atomic E-state index is 5.74. The molecule has 1 fully saturated rings. The summed E-state index contributed by atoms with van der Waals surface area (Å²) in [5, 5.41) is 3.68. The Morgan fingerprint density at radius 1 is 1.50 bits per heavy atom. The van der Waals surface area contributed by atoms with E-state index in [4.69, 9.17) is 10.3 Å². The van der Waals surface area contributed by atoms with Crippen molar-refractivity contribution in [1.82, 2.24) is 10.1 Å². The summed E-state index contributed by atoms with van der Waals surface area (Å²) < 4.78 is 5.12. The van der Waals surface area contributed by atoms with Gasteiger partial charge in [0.1, 0.15) is 5.69 Å². The summed E-state index contributed by atoms with van der Waals surface area (Å²) in [5.74, 6) is 1.29. The molecule has 0 spiro atoms. The highest BCUT2D eigenvalue weighted by molar-refractivity contribution is 7.13. The largest absolute Gasteiger partial charge is 0.394 e. The first-order valence-electron chi connectivity index (χ1n) is 4.50. The molecule has 0 aromatic carbocycles. The van der Waals surface area contributed by atoms with Gasteiger partial charge in [0.25, 0.3) is 0 Å². The number of hydrogen-bond donors (Lipinski definition) is 1. The van der Waals surface area contributed by atoms with Gasteiger partial charge in [-0.3, -0.25) is 0 Å². The quantitative estimate of drug-likeness (QED) is 0.820. The van der Waals surface area contributed by atoms with Crippen LogP contribution in [0.15, 0.2) is 16.2 Å². The standard InChI is InChI=1S/C9H9N3OS/c10-6-3-12-13-8(6)9-7(5-1-2-5)11-4-14-9/h3-5H,1-2,10H2. The van der Waals surface area contributed by atoms with Crippen LogP contribution in [0.2, 0.25) is 0 Å². The lowest BCUT2D eigenvalue weighted by molar-refractivity contribution is 0.433. The Bertz CT molecular complexity index is 458. The van der Waals surface area contributed by atoms with Crippen LogP contribution in [0.4, 0.5) is 5.69 Å². The molecule has 0 unspecified atom stereocenters. The molecule has 0 radical (unpaired) electrons. The number of aromatic nitrogens is 2. The van der Waals surface area contributed by atoms with E-state index in [1.54, 1.807) is 11.3 Å². The number of nitrogens with two attached hydrogens (primary N) is 1. The third-order valence-electron chi connectivity index (χ3n) is 2.36. The van der Waals surface area contributed by atoms with E-state index in [2.05, 4.69) is 10.1 Å². The number of nitrogens with zero attached hydrogens (tertiary/aromatic N) is 2. The smallest absolute Gasteiger partial charge is 0.201 e. The highest BCUT2D eigenvalue weighted by Crippen LogP contribution is 2.45. The molecule has 0 amide bonds. The van der Waals surface area contributed by atoms with Crippen molar-refractivity contribution in [3.63, 3.8) is 0 Å². The molecule has 1 saturated carbocycles. The summed E-state index contributed by atoms with van der Waals surface area (Å²) in [4.78, 5) is 5.39. The maximum absolute atomic E-state index is 5.74. The predicted molar refractivity (Wildman–Crippen MR) is 54.0 cm³/mol. The first-order chi connectivity index (χ1) is 6.86. The van der Waals surface area contributed by atoms with Crippen LogP contribution in [-0.2, 0) is 0 Å². The van der Waals surface area contributed by atoms with Crippen molar-refractivity contribution in [2.75, 3.05) is 5.73 Å². The summed E-state index contributed by atoms with van der Waals surface area (Å²) in [5.41, 5.74) is 9.30. The molecular formula is C9H9N3OS. The molecule has 5 heteroatoms. The van der Waals surface area contributed by atoms with E-state index in [-0.39, 0.29) is 0 Å². The van der Waals surface area contributed by atoms with Gasteiger partial charge >= 0.3 is 0 Å². The fourth-order valence-corrected chi connectivity index (χ4v) is 2.37. The SMILES string of the molecule is Nc1cnoc1-c1scnc1C1CC1. The molecule has 0 atom stereocenters. The number of thiazole rings is 1. The minimum absolute atomic E-state index is 0.594. The normalized spacial score (nSPS) is 16.0. The average Bonchev–Trinajstić information content (AvgIpc) is 2.75. The minimum atomic E-state index is 0.594. The Hall–Kier alpha value is -1.36. The lowest BCUT2D eigenvalue weighted by Gasteiger charge is -1.96. The highest BCUT2D eigenvalue weighted by atomic mass is 32.1. The Kier molecular flexibility index (Phi) is 1.61. The zero-order chi connectivity index (χ0) is 9.54. The summed E-state index contributed by atoms with van der Waals surface area (Å²) >= 11 is 1.56. The predicted octanol–water partition coefficient (Wildman–Crippen LogP) is 2.26. The first kappa shape index (κ1) is 7.99. The van der Waals surface area contributed by atoms with Crippen LogP contribution in [0.25, 0.3) is 10.6 Å². The Morgan fingerprint density at radius 2 is 2.36 bits per heavy atom. The molecule has 0 saturated heterocycles. The van der Waals surface area contributed by atoms with Gasteiger partial charge in [0.05, 0.1) is 22.3 Å². The molecule has 3 rings (SSSR count). The van der Waals surface area contributed by atoms with Gasteiger partial charge in [-0.1, -0.05) is 5.16 Å². The molecule has 0 aliphatic heterocycles. The van der Waals surface area contributed by atoms with Crippen LogP contribution in [0, 0.1) is 0 Å². The lowest BCUT2D eigenvalue weighted by atomic mass is 10.2. The van der Waals surface area contributed by atoms with E-state index in [0.29, 0.717) is 17.4 Å². The van der Waals surface area contributed by atoms with Gasteiger partial charge < -0.3 is 10.3 Å². The van der Waals surface area contributed by atoms with Crippen molar-refractivity contribution in [3.8, 4) is 10.6 Å². The maximum Gasteiger partial charge on any atom is 0.201 e. The molecule has 2 aromatic rings. The summed E-state index contributed by atoms with van der Waals surface area (Å²) in [6.07, 6.45) is 3.99. The van der Waals surface area contributed by atoms with Crippen molar-refractivity contribution in [3.05, 3.63) is 17.4 Å². The van der Waals surface area contributed by atoms with Gasteiger partial charge in [0, 0.05) is 5.92 Å². The second-order valence-electron chi connectivity index (χ2n) is 3.45. The third-order valence-corrected chi connectivity index (χ3v) is 3.20. The van der Waals surface area contributed by atoms with Gasteiger partial charge in [-0.25, -0.2) is 4.98 Å². The van der Waals surface area contributed by atoms with Crippen LogP contribution in [0.5, 0.6) is 0 Å². The van der Waals surface area contributed by atoms with Gasteiger partial charge in [-0.15, -0.1) is 11.3 Å².